The molecule has 9 N–H and O–H groups in total. The lowest BCUT2D eigenvalue weighted by atomic mass is 9.85. The minimum atomic E-state index is -5.14. The second kappa shape index (κ2) is 31.7. The van der Waals surface area contributed by atoms with Crippen LogP contribution < -0.4 is 5.32 Å². The molecule has 0 heterocycles. The number of amides is 1. The predicted molar refractivity (Wildman–Crippen MR) is 215 cm³/mol. The fraction of sp³-hybridized carbons (Fsp3) is 0.878. The Kier molecular flexibility index (Phi) is 29.9. The molecule has 324 valence electrons. The van der Waals surface area contributed by atoms with Gasteiger partial charge in [0.15, 0.2) is 0 Å². The molecule has 1 aliphatic rings. The van der Waals surface area contributed by atoms with Gasteiger partial charge in [0.25, 0.3) is 0 Å². The first-order valence-corrected chi connectivity index (χ1v) is 22.9. The maximum Gasteiger partial charge on any atom is 0.472 e. The number of allylic oxidation sites excluding steroid dienone is 3. The summed E-state index contributed by atoms with van der Waals surface area (Å²) in [6.07, 6.45) is 18.5. The number of hydrogen-bond acceptors (Lipinski definition) is 11. The van der Waals surface area contributed by atoms with E-state index in [4.69, 9.17) is 9.05 Å². The molecule has 8 unspecified atom stereocenters. The highest BCUT2D eigenvalue weighted by molar-refractivity contribution is 7.47. The lowest BCUT2D eigenvalue weighted by molar-refractivity contribution is -0.220. The number of aliphatic hydroxyl groups is 7. The molecule has 8 atom stereocenters. The van der Waals surface area contributed by atoms with Gasteiger partial charge in [0.1, 0.15) is 36.6 Å². The average molecular weight is 808 g/mol. The van der Waals surface area contributed by atoms with Gasteiger partial charge >= 0.3 is 7.82 Å². The number of phosphoric ester groups is 1. The quantitative estimate of drug-likeness (QED) is 0.0207. The zero-order valence-corrected chi connectivity index (χ0v) is 34.7. The number of unbranched alkanes of at least 4 members (excludes halogenated alkanes) is 19. The van der Waals surface area contributed by atoms with E-state index in [2.05, 4.69) is 31.3 Å². The van der Waals surface area contributed by atoms with Gasteiger partial charge < -0.3 is 46.0 Å². The molecule has 13 nitrogen and oxygen atoms in total. The van der Waals surface area contributed by atoms with Crippen molar-refractivity contribution in [3.8, 4) is 0 Å². The Labute approximate surface area is 331 Å². The van der Waals surface area contributed by atoms with Crippen LogP contribution in [0.2, 0.25) is 0 Å². The third kappa shape index (κ3) is 24.3. The molecule has 14 heteroatoms. The Morgan fingerprint density at radius 1 is 0.636 bits per heavy atom. The van der Waals surface area contributed by atoms with E-state index in [9.17, 15) is 50.0 Å². The van der Waals surface area contributed by atoms with Crippen molar-refractivity contribution in [1.82, 2.24) is 5.32 Å². The third-order valence-electron chi connectivity index (χ3n) is 10.3. The Balaban J connectivity index is 2.64. The molecule has 0 saturated heterocycles. The first-order valence-electron chi connectivity index (χ1n) is 21.4. The number of rotatable bonds is 34. The van der Waals surface area contributed by atoms with Gasteiger partial charge in [0, 0.05) is 0 Å². The molecule has 0 aromatic rings. The fourth-order valence-corrected chi connectivity index (χ4v) is 7.69. The molecule has 55 heavy (non-hydrogen) atoms. The highest BCUT2D eigenvalue weighted by Gasteiger charge is 2.51. The smallest absolute Gasteiger partial charge is 0.393 e. The summed E-state index contributed by atoms with van der Waals surface area (Å²) in [6.45, 7) is 3.68. The summed E-state index contributed by atoms with van der Waals surface area (Å²) >= 11 is 0. The zero-order valence-electron chi connectivity index (χ0n) is 33.8. The first-order chi connectivity index (χ1) is 26.3. The monoisotopic (exact) mass is 808 g/mol. The first kappa shape index (κ1) is 51.8. The summed E-state index contributed by atoms with van der Waals surface area (Å²) in [4.78, 5) is 23.3. The second-order valence-corrected chi connectivity index (χ2v) is 16.8. The van der Waals surface area contributed by atoms with Crippen molar-refractivity contribution in [2.45, 2.75) is 223 Å². The maximum absolute atomic E-state index is 12.9. The largest absolute Gasteiger partial charge is 0.472 e. The number of carbonyl (C=O) groups excluding carboxylic acids is 1. The molecular weight excluding hydrogens is 729 g/mol. The van der Waals surface area contributed by atoms with Crippen molar-refractivity contribution < 1.29 is 59.0 Å². The van der Waals surface area contributed by atoms with E-state index < -0.39 is 75.2 Å². The van der Waals surface area contributed by atoms with Crippen LogP contribution in [-0.4, -0.2) is 108 Å². The number of hydrogen-bond donors (Lipinski definition) is 9. The van der Waals surface area contributed by atoms with Crippen LogP contribution in [0.4, 0.5) is 0 Å². The van der Waals surface area contributed by atoms with Gasteiger partial charge in [-0.25, -0.2) is 4.57 Å². The molecule has 0 aromatic heterocycles. The van der Waals surface area contributed by atoms with E-state index in [1.54, 1.807) is 6.08 Å². The van der Waals surface area contributed by atoms with Crippen LogP contribution in [0.25, 0.3) is 0 Å². The summed E-state index contributed by atoms with van der Waals surface area (Å²) in [5.41, 5.74) is 0. The van der Waals surface area contributed by atoms with E-state index in [0.717, 1.165) is 44.9 Å². The van der Waals surface area contributed by atoms with E-state index in [-0.39, 0.29) is 6.42 Å². The van der Waals surface area contributed by atoms with Crippen LogP contribution in [0.1, 0.15) is 168 Å². The molecule has 1 amide bonds. The number of carbonyl (C=O) groups is 1. The van der Waals surface area contributed by atoms with Gasteiger partial charge in [-0.2, -0.15) is 0 Å². The average Bonchev–Trinajstić information content (AvgIpc) is 3.15. The minimum Gasteiger partial charge on any atom is -0.393 e. The SMILES string of the molecule is CCCCCCCCC/C=C/CC/C=C/C(O)C(COP(=O)(O)OC1C(O)C(O)C(O)C(O)C1O)NC(=O)CC(O)CCCCCCCCCCCCCC. The van der Waals surface area contributed by atoms with Crippen LogP contribution in [0, 0.1) is 0 Å². The highest BCUT2D eigenvalue weighted by atomic mass is 31.2. The molecular formula is C41H78NO12P. The Morgan fingerprint density at radius 2 is 1.07 bits per heavy atom. The number of nitrogens with one attached hydrogen (secondary N) is 1. The van der Waals surface area contributed by atoms with Crippen molar-refractivity contribution in [1.29, 1.82) is 0 Å². The van der Waals surface area contributed by atoms with Crippen molar-refractivity contribution >= 4 is 13.7 Å². The summed E-state index contributed by atoms with van der Waals surface area (Å²) < 4.78 is 22.8. The van der Waals surface area contributed by atoms with E-state index in [0.29, 0.717) is 12.8 Å². The van der Waals surface area contributed by atoms with Crippen molar-refractivity contribution in [3.05, 3.63) is 24.3 Å². The normalized spacial score (nSPS) is 24.6. The molecule has 0 spiro atoms. The van der Waals surface area contributed by atoms with Gasteiger partial charge in [-0.05, 0) is 32.1 Å². The van der Waals surface area contributed by atoms with Crippen LogP contribution in [0.15, 0.2) is 24.3 Å². The van der Waals surface area contributed by atoms with Gasteiger partial charge in [0.05, 0.1) is 31.3 Å². The highest BCUT2D eigenvalue weighted by Crippen LogP contribution is 2.47. The van der Waals surface area contributed by atoms with Crippen molar-refractivity contribution in [2.75, 3.05) is 6.61 Å². The lowest BCUT2D eigenvalue weighted by Gasteiger charge is -2.41. The number of phosphoric acid groups is 1. The molecule has 0 bridgehead atoms. The van der Waals surface area contributed by atoms with Gasteiger partial charge in [-0.15, -0.1) is 0 Å². The lowest BCUT2D eigenvalue weighted by Crippen LogP contribution is -2.64. The number of aliphatic hydroxyl groups excluding tert-OH is 7. The molecule has 0 radical (unpaired) electrons. The summed E-state index contributed by atoms with van der Waals surface area (Å²) in [6, 6.07) is -1.25. The van der Waals surface area contributed by atoms with Crippen LogP contribution >= 0.6 is 7.82 Å². The topological polar surface area (TPSA) is 226 Å². The summed E-state index contributed by atoms with van der Waals surface area (Å²) in [5, 5.41) is 74.2. The molecule has 1 saturated carbocycles. The zero-order chi connectivity index (χ0) is 40.9. The predicted octanol–water partition coefficient (Wildman–Crippen LogP) is 6.03. The second-order valence-electron chi connectivity index (χ2n) is 15.4. The molecule has 0 aliphatic heterocycles. The van der Waals surface area contributed by atoms with E-state index >= 15 is 0 Å². The summed E-state index contributed by atoms with van der Waals surface area (Å²) in [7, 11) is -5.14. The standard InChI is InChI=1S/C41H78NO12P/c1-3-5-7-9-11-13-15-17-19-21-23-25-27-29-34(44)33(31-53-55(51,52)54-41-39(49)37(47)36(46)38(48)40(41)50)42-35(45)30-32(43)28-26-24-22-20-18-16-14-12-10-8-6-4-2/h19,21,27,29,32-34,36-41,43-44,46-50H,3-18,20,22-26,28,30-31H2,1-2H3,(H,42,45)(H,51,52)/b21-19+,29-27+. The third-order valence-corrected chi connectivity index (χ3v) is 11.3. The van der Waals surface area contributed by atoms with Crippen molar-refractivity contribution in [3.63, 3.8) is 0 Å². The van der Waals surface area contributed by atoms with Gasteiger partial charge in [0.2, 0.25) is 5.91 Å². The van der Waals surface area contributed by atoms with Crippen LogP contribution in [0.5, 0.6) is 0 Å². The molecule has 1 rings (SSSR count). The van der Waals surface area contributed by atoms with E-state index in [1.807, 2.05) is 0 Å². The Morgan fingerprint density at radius 3 is 1.60 bits per heavy atom. The fourth-order valence-electron chi connectivity index (χ4n) is 6.73. The van der Waals surface area contributed by atoms with Crippen molar-refractivity contribution in [2.24, 2.45) is 0 Å². The Bertz CT molecular complexity index is 1050. The van der Waals surface area contributed by atoms with Gasteiger partial charge in [-0.1, -0.05) is 154 Å². The maximum atomic E-state index is 12.9. The minimum absolute atomic E-state index is 0.250. The molecule has 0 aromatic carbocycles. The van der Waals surface area contributed by atoms with E-state index in [1.165, 1.54) is 96.0 Å². The Hall–Kier alpha value is -1.22. The molecule has 1 fully saturated rings. The summed E-state index contributed by atoms with van der Waals surface area (Å²) in [5.74, 6) is -0.604. The van der Waals surface area contributed by atoms with Crippen LogP contribution in [-0.2, 0) is 18.4 Å². The molecule has 1 aliphatic carbocycles. The van der Waals surface area contributed by atoms with Crippen LogP contribution in [0.3, 0.4) is 0 Å². The van der Waals surface area contributed by atoms with Gasteiger partial charge in [-0.3, -0.25) is 13.8 Å².